The van der Waals surface area contributed by atoms with Gasteiger partial charge in [0.2, 0.25) is 15.9 Å². The molecule has 2 rings (SSSR count). The Labute approximate surface area is 176 Å². The first-order valence-corrected chi connectivity index (χ1v) is 10.5. The van der Waals surface area contributed by atoms with E-state index in [1.54, 1.807) is 0 Å². The van der Waals surface area contributed by atoms with Crippen LogP contribution in [0.2, 0.25) is 0 Å². The predicted octanol–water partition coefficient (Wildman–Crippen LogP) is 1.48. The number of anilines is 2. The van der Waals surface area contributed by atoms with Crippen LogP contribution in [-0.4, -0.2) is 58.4 Å². The number of nitrogens with zero attached hydrogens (tertiary/aromatic N) is 3. The van der Waals surface area contributed by atoms with Crippen LogP contribution in [0.15, 0.2) is 58.5 Å². The molecule has 10 heteroatoms. The summed E-state index contributed by atoms with van der Waals surface area (Å²) in [5.74, 6) is -0.828. The number of carbonyl (C=O) groups is 2. The second kappa shape index (κ2) is 9.99. The highest BCUT2D eigenvalue weighted by molar-refractivity contribution is 7.89. The summed E-state index contributed by atoms with van der Waals surface area (Å²) in [6.45, 7) is 0.963. The molecule has 2 aromatic carbocycles. The molecule has 0 heterocycles. The molecule has 0 aliphatic rings. The zero-order chi connectivity index (χ0) is 22.3. The van der Waals surface area contributed by atoms with Crippen LogP contribution < -0.4 is 15.6 Å². The Morgan fingerprint density at radius 3 is 2.13 bits per heavy atom. The van der Waals surface area contributed by atoms with Gasteiger partial charge in [0.25, 0.3) is 5.91 Å². The Morgan fingerprint density at radius 1 is 1.00 bits per heavy atom. The van der Waals surface area contributed by atoms with Gasteiger partial charge in [-0.1, -0.05) is 12.1 Å². The summed E-state index contributed by atoms with van der Waals surface area (Å²) in [6.07, 6.45) is 1.48. The quantitative estimate of drug-likeness (QED) is 0.486. The number of hydrazone groups is 1. The summed E-state index contributed by atoms with van der Waals surface area (Å²) in [7, 11) is 1.31. The third-order valence-corrected chi connectivity index (χ3v) is 5.88. The van der Waals surface area contributed by atoms with E-state index in [9.17, 15) is 18.0 Å². The highest BCUT2D eigenvalue weighted by Crippen LogP contribution is 2.17. The molecule has 0 saturated heterocycles. The minimum absolute atomic E-state index is 0.0105. The second-order valence-electron chi connectivity index (χ2n) is 6.75. The number of amides is 2. The molecule has 0 fully saturated rings. The Balaban J connectivity index is 1.94. The van der Waals surface area contributed by atoms with Crippen LogP contribution in [-0.2, 0) is 19.6 Å². The zero-order valence-electron chi connectivity index (χ0n) is 17.3. The lowest BCUT2D eigenvalue weighted by Crippen LogP contribution is -2.36. The van der Waals surface area contributed by atoms with Crippen molar-refractivity contribution in [1.82, 2.24) is 9.73 Å². The molecule has 0 aliphatic carbocycles. The van der Waals surface area contributed by atoms with Gasteiger partial charge in [-0.05, 0) is 42.0 Å². The molecule has 0 aliphatic heterocycles. The number of benzene rings is 2. The molecule has 0 spiro atoms. The monoisotopic (exact) mass is 431 g/mol. The molecule has 0 saturated carbocycles. The third kappa shape index (κ3) is 6.39. The Hall–Kier alpha value is -3.24. The summed E-state index contributed by atoms with van der Waals surface area (Å²) >= 11 is 0. The molecule has 0 unspecified atom stereocenters. The van der Waals surface area contributed by atoms with E-state index < -0.39 is 22.5 Å². The fraction of sp³-hybridized carbons (Fsp3) is 0.250. The van der Waals surface area contributed by atoms with E-state index in [-0.39, 0.29) is 10.8 Å². The maximum Gasteiger partial charge on any atom is 0.255 e. The first kappa shape index (κ1) is 23.0. The highest BCUT2D eigenvalue weighted by atomic mass is 32.2. The summed E-state index contributed by atoms with van der Waals surface area (Å²) in [5, 5.41) is 6.42. The van der Waals surface area contributed by atoms with E-state index >= 15 is 0 Å². The van der Waals surface area contributed by atoms with E-state index in [1.165, 1.54) is 44.5 Å². The molecule has 160 valence electrons. The largest absolute Gasteiger partial charge is 0.378 e. The van der Waals surface area contributed by atoms with Crippen molar-refractivity contribution in [3.05, 3.63) is 54.1 Å². The fourth-order valence-electron chi connectivity index (χ4n) is 2.45. The van der Waals surface area contributed by atoms with Crippen molar-refractivity contribution in [3.8, 4) is 0 Å². The molecular formula is C20H25N5O4S. The number of nitrogens with one attached hydrogen (secondary N) is 2. The number of sulfonamides is 1. The molecule has 0 radical (unpaired) electrons. The van der Waals surface area contributed by atoms with Gasteiger partial charge in [0.1, 0.15) is 0 Å². The van der Waals surface area contributed by atoms with Crippen molar-refractivity contribution in [1.29, 1.82) is 0 Å². The number of hydrogen-bond donors (Lipinski definition) is 2. The molecule has 2 aromatic rings. The normalized spacial score (nSPS) is 11.5. The second-order valence-corrected chi connectivity index (χ2v) is 8.79. The maximum atomic E-state index is 12.6. The Bertz CT molecular complexity index is 1020. The van der Waals surface area contributed by atoms with Gasteiger partial charge in [0.05, 0.1) is 17.7 Å². The summed E-state index contributed by atoms with van der Waals surface area (Å²) in [6, 6.07) is 13.2. The summed E-state index contributed by atoms with van der Waals surface area (Å²) in [5.41, 5.74) is 4.63. The third-order valence-electron chi connectivity index (χ3n) is 4.06. The molecule has 30 heavy (non-hydrogen) atoms. The van der Waals surface area contributed by atoms with E-state index in [2.05, 4.69) is 15.8 Å². The molecule has 9 nitrogen and oxygen atoms in total. The number of likely N-dealkylation sites (N-methyl/N-ethyl adjacent to an activating group) is 1. The molecule has 0 aromatic heterocycles. The molecule has 2 N–H and O–H groups in total. The van der Waals surface area contributed by atoms with E-state index in [0.29, 0.717) is 5.69 Å². The SMILES string of the molecule is CC(=O)Nc1ccc(S(=O)(=O)N(C)CC(=O)NN=Cc2ccc(N(C)C)cc2)cc1. The Morgan fingerprint density at radius 2 is 1.60 bits per heavy atom. The van der Waals surface area contributed by atoms with Gasteiger partial charge < -0.3 is 10.2 Å². The van der Waals surface area contributed by atoms with Crippen LogP contribution in [0.3, 0.4) is 0 Å². The lowest BCUT2D eigenvalue weighted by molar-refractivity contribution is -0.121. The average molecular weight is 432 g/mol. The van der Waals surface area contributed by atoms with Crippen molar-refractivity contribution in [2.75, 3.05) is 37.9 Å². The summed E-state index contributed by atoms with van der Waals surface area (Å²) < 4.78 is 26.1. The van der Waals surface area contributed by atoms with Gasteiger partial charge in [-0.2, -0.15) is 9.41 Å². The fourth-order valence-corrected chi connectivity index (χ4v) is 3.58. The summed E-state index contributed by atoms with van der Waals surface area (Å²) in [4.78, 5) is 25.1. The van der Waals surface area contributed by atoms with Crippen LogP contribution in [0.4, 0.5) is 11.4 Å². The number of hydrogen-bond acceptors (Lipinski definition) is 6. The van der Waals surface area contributed by atoms with Gasteiger partial charge in [0.15, 0.2) is 0 Å². The molecule has 0 atom stereocenters. The van der Waals surface area contributed by atoms with Crippen LogP contribution in [0.5, 0.6) is 0 Å². The van der Waals surface area contributed by atoms with E-state index in [0.717, 1.165) is 15.6 Å². The van der Waals surface area contributed by atoms with Crippen molar-refractivity contribution in [2.24, 2.45) is 5.10 Å². The number of carbonyl (C=O) groups excluding carboxylic acids is 2. The minimum Gasteiger partial charge on any atom is -0.378 e. The van der Waals surface area contributed by atoms with Crippen LogP contribution >= 0.6 is 0 Å². The average Bonchev–Trinajstić information content (AvgIpc) is 2.68. The predicted molar refractivity (Wildman–Crippen MR) is 117 cm³/mol. The van der Waals surface area contributed by atoms with Crippen LogP contribution in [0.1, 0.15) is 12.5 Å². The molecule has 0 bridgehead atoms. The smallest absolute Gasteiger partial charge is 0.255 e. The first-order valence-electron chi connectivity index (χ1n) is 9.03. The van der Waals surface area contributed by atoms with Gasteiger partial charge in [-0.15, -0.1) is 0 Å². The zero-order valence-corrected chi connectivity index (χ0v) is 18.1. The van der Waals surface area contributed by atoms with E-state index in [1.807, 2.05) is 43.3 Å². The van der Waals surface area contributed by atoms with Gasteiger partial charge in [-0.25, -0.2) is 13.8 Å². The van der Waals surface area contributed by atoms with Crippen molar-refractivity contribution in [3.63, 3.8) is 0 Å². The van der Waals surface area contributed by atoms with Crippen molar-refractivity contribution in [2.45, 2.75) is 11.8 Å². The molecule has 2 amide bonds. The van der Waals surface area contributed by atoms with Crippen molar-refractivity contribution >= 4 is 39.4 Å². The van der Waals surface area contributed by atoms with Gasteiger partial charge in [0, 0.05) is 39.4 Å². The van der Waals surface area contributed by atoms with Crippen LogP contribution in [0.25, 0.3) is 0 Å². The lowest BCUT2D eigenvalue weighted by atomic mass is 10.2. The molecular weight excluding hydrogens is 406 g/mol. The van der Waals surface area contributed by atoms with Crippen LogP contribution in [0, 0.1) is 0 Å². The highest BCUT2D eigenvalue weighted by Gasteiger charge is 2.22. The van der Waals surface area contributed by atoms with Gasteiger partial charge in [-0.3, -0.25) is 9.59 Å². The minimum atomic E-state index is -3.87. The number of rotatable bonds is 8. The van der Waals surface area contributed by atoms with Gasteiger partial charge >= 0.3 is 0 Å². The van der Waals surface area contributed by atoms with Crippen molar-refractivity contribution < 1.29 is 18.0 Å². The first-order chi connectivity index (χ1) is 14.1. The topological polar surface area (TPSA) is 111 Å². The standard InChI is InChI=1S/C20H25N5O4S/c1-15(26)22-17-7-11-19(12-8-17)30(28,29)25(4)14-20(27)23-21-13-16-5-9-18(10-6-16)24(2)3/h5-13H,14H2,1-4H3,(H,22,26)(H,23,27). The lowest BCUT2D eigenvalue weighted by Gasteiger charge is -2.16. The Kier molecular flexibility index (Phi) is 7.67. The maximum absolute atomic E-state index is 12.6. The van der Waals surface area contributed by atoms with E-state index in [4.69, 9.17) is 0 Å².